The van der Waals surface area contributed by atoms with Gasteiger partial charge in [-0.05, 0) is 44.0 Å². The minimum atomic E-state index is 0.571. The van der Waals surface area contributed by atoms with E-state index in [0.29, 0.717) is 12.2 Å². The molecular formula is C14H16N2O2. The lowest BCUT2D eigenvalue weighted by atomic mass is 10.00. The van der Waals surface area contributed by atoms with Crippen LogP contribution in [0.25, 0.3) is 11.3 Å². The van der Waals surface area contributed by atoms with Crippen LogP contribution in [0, 0.1) is 13.8 Å². The summed E-state index contributed by atoms with van der Waals surface area (Å²) in [5.41, 5.74) is 4.41. The Morgan fingerprint density at radius 1 is 1.33 bits per heavy atom. The number of rotatable bonds is 4. The molecule has 1 heterocycles. The van der Waals surface area contributed by atoms with Gasteiger partial charge < -0.3 is 4.74 Å². The number of nitrogens with zero attached hydrogens (tertiary/aromatic N) is 1. The number of benzene rings is 1. The number of H-pyrrole nitrogens is 1. The summed E-state index contributed by atoms with van der Waals surface area (Å²) in [6.45, 7) is 6.59. The van der Waals surface area contributed by atoms with Crippen LogP contribution in [0.15, 0.2) is 18.3 Å². The first-order valence-electron chi connectivity index (χ1n) is 5.90. The molecular weight excluding hydrogens is 228 g/mol. The van der Waals surface area contributed by atoms with E-state index >= 15 is 0 Å². The van der Waals surface area contributed by atoms with Crippen molar-refractivity contribution in [3.8, 4) is 17.0 Å². The summed E-state index contributed by atoms with van der Waals surface area (Å²) in [6, 6.07) is 4.00. The predicted octanol–water partition coefficient (Wildman–Crippen LogP) is 2.90. The zero-order valence-electron chi connectivity index (χ0n) is 10.8. The minimum absolute atomic E-state index is 0.571. The number of carbonyl (C=O) groups excluding carboxylic acids is 1. The van der Waals surface area contributed by atoms with Gasteiger partial charge in [-0.1, -0.05) is 0 Å². The summed E-state index contributed by atoms with van der Waals surface area (Å²) in [4.78, 5) is 10.9. The number of aromatic nitrogens is 2. The minimum Gasteiger partial charge on any atom is -0.494 e. The molecule has 0 spiro atoms. The van der Waals surface area contributed by atoms with E-state index in [-0.39, 0.29) is 0 Å². The predicted molar refractivity (Wildman–Crippen MR) is 70.1 cm³/mol. The molecule has 0 bridgehead atoms. The highest BCUT2D eigenvalue weighted by atomic mass is 16.5. The van der Waals surface area contributed by atoms with Crippen LogP contribution in [0.4, 0.5) is 0 Å². The topological polar surface area (TPSA) is 55.0 Å². The summed E-state index contributed by atoms with van der Waals surface area (Å²) in [5.74, 6) is 0.880. The highest BCUT2D eigenvalue weighted by molar-refractivity contribution is 5.86. The van der Waals surface area contributed by atoms with E-state index in [1.807, 2.05) is 32.9 Å². The maximum atomic E-state index is 10.9. The highest BCUT2D eigenvalue weighted by Gasteiger charge is 2.12. The molecule has 0 saturated heterocycles. The van der Waals surface area contributed by atoms with Crippen molar-refractivity contribution in [3.63, 3.8) is 0 Å². The van der Waals surface area contributed by atoms with Gasteiger partial charge >= 0.3 is 0 Å². The summed E-state index contributed by atoms with van der Waals surface area (Å²) >= 11 is 0. The Labute approximate surface area is 106 Å². The maximum absolute atomic E-state index is 10.9. The van der Waals surface area contributed by atoms with Gasteiger partial charge in [0.1, 0.15) is 5.75 Å². The Morgan fingerprint density at radius 3 is 2.78 bits per heavy atom. The number of aldehydes is 1. The molecule has 18 heavy (non-hydrogen) atoms. The lowest BCUT2D eigenvalue weighted by molar-refractivity contribution is 0.112. The Hall–Kier alpha value is -2.10. The van der Waals surface area contributed by atoms with Crippen molar-refractivity contribution in [3.05, 3.63) is 35.0 Å². The van der Waals surface area contributed by atoms with Crippen molar-refractivity contribution in [2.24, 2.45) is 0 Å². The van der Waals surface area contributed by atoms with Gasteiger partial charge in [-0.25, -0.2) is 0 Å². The van der Waals surface area contributed by atoms with E-state index in [1.54, 1.807) is 0 Å². The number of carbonyl (C=O) groups is 1. The average molecular weight is 244 g/mol. The summed E-state index contributed by atoms with van der Waals surface area (Å²) in [7, 11) is 0. The van der Waals surface area contributed by atoms with Crippen LogP contribution in [-0.4, -0.2) is 23.1 Å². The van der Waals surface area contributed by atoms with E-state index in [9.17, 15) is 4.79 Å². The number of nitrogens with one attached hydrogen (secondary N) is 1. The second-order valence-electron chi connectivity index (χ2n) is 4.18. The Bertz CT molecular complexity index is 573. The van der Waals surface area contributed by atoms with Gasteiger partial charge in [0.2, 0.25) is 0 Å². The van der Waals surface area contributed by atoms with Gasteiger partial charge in [0, 0.05) is 5.56 Å². The molecule has 0 aliphatic carbocycles. The molecule has 2 aromatic rings. The monoisotopic (exact) mass is 244 g/mol. The van der Waals surface area contributed by atoms with Gasteiger partial charge in [-0.3, -0.25) is 9.89 Å². The molecule has 0 radical (unpaired) electrons. The molecule has 2 rings (SSSR count). The Morgan fingerprint density at radius 2 is 2.11 bits per heavy atom. The third kappa shape index (κ3) is 2.14. The van der Waals surface area contributed by atoms with Crippen LogP contribution in [0.1, 0.15) is 28.4 Å². The second-order valence-corrected chi connectivity index (χ2v) is 4.18. The smallest absolute Gasteiger partial charge is 0.153 e. The fraction of sp³-hybridized carbons (Fsp3) is 0.286. The Balaban J connectivity index is 2.52. The van der Waals surface area contributed by atoms with Crippen molar-refractivity contribution in [2.75, 3.05) is 6.61 Å². The fourth-order valence-electron chi connectivity index (χ4n) is 1.97. The van der Waals surface area contributed by atoms with Crippen molar-refractivity contribution in [1.29, 1.82) is 0 Å². The van der Waals surface area contributed by atoms with Gasteiger partial charge in [0.15, 0.2) is 6.29 Å². The van der Waals surface area contributed by atoms with Crippen LogP contribution in [-0.2, 0) is 0 Å². The molecule has 0 atom stereocenters. The van der Waals surface area contributed by atoms with Crippen LogP contribution in [0.3, 0.4) is 0 Å². The van der Waals surface area contributed by atoms with Gasteiger partial charge in [-0.2, -0.15) is 5.10 Å². The molecule has 0 amide bonds. The van der Waals surface area contributed by atoms with Crippen molar-refractivity contribution >= 4 is 6.29 Å². The number of hydrogen-bond acceptors (Lipinski definition) is 3. The molecule has 0 aliphatic heterocycles. The quantitative estimate of drug-likeness (QED) is 0.841. The number of aryl methyl sites for hydroxylation is 2. The van der Waals surface area contributed by atoms with Crippen molar-refractivity contribution in [2.45, 2.75) is 20.8 Å². The van der Waals surface area contributed by atoms with Crippen molar-refractivity contribution in [1.82, 2.24) is 10.2 Å². The largest absolute Gasteiger partial charge is 0.494 e. The lowest BCUT2D eigenvalue weighted by Gasteiger charge is -2.12. The van der Waals surface area contributed by atoms with Crippen LogP contribution in [0.2, 0.25) is 0 Å². The first-order chi connectivity index (χ1) is 8.67. The third-order valence-corrected chi connectivity index (χ3v) is 2.89. The van der Waals surface area contributed by atoms with Crippen LogP contribution in [0.5, 0.6) is 5.75 Å². The number of hydrogen-bond donors (Lipinski definition) is 1. The van der Waals surface area contributed by atoms with E-state index in [1.165, 1.54) is 6.20 Å². The molecule has 1 aromatic heterocycles. The molecule has 0 saturated carbocycles. The number of aromatic amines is 1. The van der Waals surface area contributed by atoms with E-state index in [4.69, 9.17) is 4.74 Å². The standard InChI is InChI=1S/C14H16N2O2/c1-4-18-13-6-9(2)12(5-10(13)3)14-11(8-17)7-15-16-14/h5-8H,4H2,1-3H3,(H,15,16). The zero-order chi connectivity index (χ0) is 13.1. The van der Waals surface area contributed by atoms with Crippen LogP contribution >= 0.6 is 0 Å². The Kier molecular flexibility index (Phi) is 3.46. The van der Waals surface area contributed by atoms with Gasteiger partial charge in [-0.15, -0.1) is 0 Å². The first-order valence-corrected chi connectivity index (χ1v) is 5.90. The SMILES string of the molecule is CCOc1cc(C)c(-c2[nH]ncc2C=O)cc1C. The lowest BCUT2D eigenvalue weighted by Crippen LogP contribution is -1.97. The molecule has 94 valence electrons. The van der Waals surface area contributed by atoms with E-state index < -0.39 is 0 Å². The molecule has 1 aromatic carbocycles. The third-order valence-electron chi connectivity index (χ3n) is 2.89. The summed E-state index contributed by atoms with van der Waals surface area (Å²) in [6.07, 6.45) is 2.34. The van der Waals surface area contributed by atoms with Crippen molar-refractivity contribution < 1.29 is 9.53 Å². The van der Waals surface area contributed by atoms with Gasteiger partial charge in [0.05, 0.1) is 24.1 Å². The average Bonchev–Trinajstić information content (AvgIpc) is 2.81. The van der Waals surface area contributed by atoms with E-state index in [0.717, 1.165) is 34.4 Å². The summed E-state index contributed by atoms with van der Waals surface area (Å²) in [5, 5.41) is 6.78. The molecule has 1 N–H and O–H groups in total. The summed E-state index contributed by atoms with van der Waals surface area (Å²) < 4.78 is 5.55. The normalized spacial score (nSPS) is 10.4. The highest BCUT2D eigenvalue weighted by Crippen LogP contribution is 2.30. The molecule has 4 nitrogen and oxygen atoms in total. The fourth-order valence-corrected chi connectivity index (χ4v) is 1.97. The number of ether oxygens (including phenoxy) is 1. The van der Waals surface area contributed by atoms with Crippen LogP contribution < -0.4 is 4.74 Å². The van der Waals surface area contributed by atoms with E-state index in [2.05, 4.69) is 10.2 Å². The second kappa shape index (κ2) is 5.04. The molecule has 0 unspecified atom stereocenters. The van der Waals surface area contributed by atoms with Gasteiger partial charge in [0.25, 0.3) is 0 Å². The molecule has 4 heteroatoms. The molecule has 0 aliphatic rings. The maximum Gasteiger partial charge on any atom is 0.153 e. The first kappa shape index (κ1) is 12.4. The zero-order valence-corrected chi connectivity index (χ0v) is 10.8. The molecule has 0 fully saturated rings.